The number of carboxylic acids is 1. The molecule has 0 radical (unpaired) electrons. The maximum atomic E-state index is 13.3. The molecule has 0 aliphatic rings. The second-order valence-corrected chi connectivity index (χ2v) is 8.72. The first kappa shape index (κ1) is 24.8. The molecule has 0 unspecified atom stereocenters. The van der Waals surface area contributed by atoms with Crippen LogP contribution in [0.15, 0.2) is 78.9 Å². The summed E-state index contributed by atoms with van der Waals surface area (Å²) >= 11 is 0. The van der Waals surface area contributed by atoms with Crippen LogP contribution in [0.5, 0.6) is 5.75 Å². The molecule has 0 fully saturated rings. The number of carboxylic acid groups (broad SMARTS) is 1. The number of hydrogen-bond donors (Lipinski definition) is 3. The van der Waals surface area contributed by atoms with Crippen LogP contribution in [-0.4, -0.2) is 36.2 Å². The summed E-state index contributed by atoms with van der Waals surface area (Å²) in [4.78, 5) is 25.0. The SMILES string of the molecule is COc1ccc(C[C@H](Nc2cccc(-c3ccccc3)c2)C(=O)N[C@@H](CC(C)C)C(=O)O)cc1. The normalized spacial score (nSPS) is 12.6. The van der Waals surface area contributed by atoms with Gasteiger partial charge in [-0.1, -0.05) is 68.4 Å². The van der Waals surface area contributed by atoms with Crippen LogP contribution in [0.1, 0.15) is 25.8 Å². The zero-order valence-electron chi connectivity index (χ0n) is 19.8. The van der Waals surface area contributed by atoms with Crippen molar-refractivity contribution in [1.82, 2.24) is 5.32 Å². The number of amides is 1. The van der Waals surface area contributed by atoms with Crippen molar-refractivity contribution < 1.29 is 19.4 Å². The molecule has 3 rings (SSSR count). The molecule has 2 atom stereocenters. The zero-order valence-corrected chi connectivity index (χ0v) is 19.8. The number of ether oxygens (including phenoxy) is 1. The predicted octanol–water partition coefficient (Wildman–Crippen LogP) is 5.00. The lowest BCUT2D eigenvalue weighted by Crippen LogP contribution is -2.49. The number of nitrogens with one attached hydrogen (secondary N) is 2. The Balaban J connectivity index is 1.85. The molecule has 0 saturated heterocycles. The van der Waals surface area contributed by atoms with E-state index < -0.39 is 18.1 Å². The van der Waals surface area contributed by atoms with E-state index in [2.05, 4.69) is 10.6 Å². The number of aliphatic carboxylic acids is 1. The van der Waals surface area contributed by atoms with E-state index >= 15 is 0 Å². The first-order valence-corrected chi connectivity index (χ1v) is 11.4. The summed E-state index contributed by atoms with van der Waals surface area (Å²) in [5.74, 6) is -0.515. The molecule has 6 heteroatoms. The smallest absolute Gasteiger partial charge is 0.326 e. The Labute approximate surface area is 201 Å². The summed E-state index contributed by atoms with van der Waals surface area (Å²) in [7, 11) is 1.60. The summed E-state index contributed by atoms with van der Waals surface area (Å²) in [6.07, 6.45) is 0.749. The highest BCUT2D eigenvalue weighted by atomic mass is 16.5. The molecule has 0 aliphatic heterocycles. The molecule has 0 saturated carbocycles. The van der Waals surface area contributed by atoms with Gasteiger partial charge in [-0.3, -0.25) is 4.79 Å². The van der Waals surface area contributed by atoms with Crippen molar-refractivity contribution in [2.45, 2.75) is 38.8 Å². The van der Waals surface area contributed by atoms with Crippen molar-refractivity contribution >= 4 is 17.6 Å². The van der Waals surface area contributed by atoms with Crippen LogP contribution in [0.3, 0.4) is 0 Å². The monoisotopic (exact) mass is 460 g/mol. The number of benzene rings is 3. The van der Waals surface area contributed by atoms with Gasteiger partial charge in [-0.05, 0) is 53.3 Å². The molecule has 0 aliphatic carbocycles. The fourth-order valence-corrected chi connectivity index (χ4v) is 3.79. The van der Waals surface area contributed by atoms with Crippen LogP contribution >= 0.6 is 0 Å². The van der Waals surface area contributed by atoms with Gasteiger partial charge in [0.25, 0.3) is 0 Å². The minimum absolute atomic E-state index is 0.136. The molecule has 6 nitrogen and oxygen atoms in total. The van der Waals surface area contributed by atoms with Crippen molar-refractivity contribution in [3.63, 3.8) is 0 Å². The maximum absolute atomic E-state index is 13.3. The summed E-state index contributed by atoms with van der Waals surface area (Å²) in [6.45, 7) is 3.87. The number of anilines is 1. The standard InChI is InChI=1S/C28H32N2O4/c1-19(2)16-26(28(32)33)30-27(31)25(17-20-12-14-24(34-3)15-13-20)29-23-11-7-10-22(18-23)21-8-5-4-6-9-21/h4-15,18-19,25-26,29H,16-17H2,1-3H3,(H,30,31)(H,32,33)/t25-,26-/m0/s1. The predicted molar refractivity (Wildman–Crippen MR) is 135 cm³/mol. The van der Waals surface area contributed by atoms with E-state index in [1.165, 1.54) is 0 Å². The molecule has 0 heterocycles. The molecule has 0 bridgehead atoms. The fraction of sp³-hybridized carbons (Fsp3) is 0.286. The summed E-state index contributed by atoms with van der Waals surface area (Å²) < 4.78 is 5.23. The van der Waals surface area contributed by atoms with Crippen LogP contribution in [0, 0.1) is 5.92 Å². The van der Waals surface area contributed by atoms with E-state index in [9.17, 15) is 14.7 Å². The van der Waals surface area contributed by atoms with Gasteiger partial charge < -0.3 is 20.5 Å². The van der Waals surface area contributed by atoms with E-state index in [-0.39, 0.29) is 11.8 Å². The van der Waals surface area contributed by atoms with Gasteiger partial charge in [0.05, 0.1) is 7.11 Å². The molecule has 1 amide bonds. The van der Waals surface area contributed by atoms with Crippen LogP contribution in [0.2, 0.25) is 0 Å². The third-order valence-electron chi connectivity index (χ3n) is 5.55. The van der Waals surface area contributed by atoms with Crippen LogP contribution in [0.4, 0.5) is 5.69 Å². The zero-order chi connectivity index (χ0) is 24.5. The fourth-order valence-electron chi connectivity index (χ4n) is 3.79. The van der Waals surface area contributed by atoms with Crippen LogP contribution in [0.25, 0.3) is 11.1 Å². The third-order valence-corrected chi connectivity index (χ3v) is 5.55. The molecule has 0 aromatic heterocycles. The lowest BCUT2D eigenvalue weighted by molar-refractivity contribution is -0.142. The van der Waals surface area contributed by atoms with E-state index in [1.54, 1.807) is 7.11 Å². The Morgan fingerprint density at radius 2 is 1.56 bits per heavy atom. The second kappa shape index (κ2) is 11.9. The quantitative estimate of drug-likeness (QED) is 0.375. The van der Waals surface area contributed by atoms with E-state index in [4.69, 9.17) is 4.74 Å². The van der Waals surface area contributed by atoms with Crippen molar-refractivity contribution in [2.75, 3.05) is 12.4 Å². The number of carbonyl (C=O) groups is 2. The average Bonchev–Trinajstić information content (AvgIpc) is 2.84. The Kier molecular flexibility index (Phi) is 8.68. The van der Waals surface area contributed by atoms with Gasteiger partial charge >= 0.3 is 5.97 Å². The summed E-state index contributed by atoms with van der Waals surface area (Å²) in [5.41, 5.74) is 3.82. The van der Waals surface area contributed by atoms with Gasteiger partial charge in [-0.25, -0.2) is 4.79 Å². The molecule has 178 valence electrons. The molecular formula is C28H32N2O4. The highest BCUT2D eigenvalue weighted by Crippen LogP contribution is 2.23. The molecule has 34 heavy (non-hydrogen) atoms. The second-order valence-electron chi connectivity index (χ2n) is 8.72. The number of rotatable bonds is 11. The van der Waals surface area contributed by atoms with Gasteiger partial charge in [0.15, 0.2) is 0 Å². The van der Waals surface area contributed by atoms with Crippen molar-refractivity contribution in [1.29, 1.82) is 0 Å². The van der Waals surface area contributed by atoms with Gasteiger partial charge in [-0.2, -0.15) is 0 Å². The first-order valence-electron chi connectivity index (χ1n) is 11.4. The topological polar surface area (TPSA) is 87.7 Å². The van der Waals surface area contributed by atoms with Crippen LogP contribution < -0.4 is 15.4 Å². The minimum Gasteiger partial charge on any atom is -0.497 e. The van der Waals surface area contributed by atoms with E-state index in [0.717, 1.165) is 28.1 Å². The summed E-state index contributed by atoms with van der Waals surface area (Å²) in [5, 5.41) is 15.7. The van der Waals surface area contributed by atoms with Gasteiger partial charge in [0, 0.05) is 12.1 Å². The number of carbonyl (C=O) groups excluding carboxylic acids is 1. The Hall–Kier alpha value is -3.80. The van der Waals surface area contributed by atoms with E-state index in [1.807, 2.05) is 92.7 Å². The van der Waals surface area contributed by atoms with Crippen molar-refractivity contribution in [2.24, 2.45) is 5.92 Å². The third kappa shape index (κ3) is 7.10. The van der Waals surface area contributed by atoms with Gasteiger partial charge in [0.2, 0.25) is 5.91 Å². The number of hydrogen-bond acceptors (Lipinski definition) is 4. The Morgan fingerprint density at radius 1 is 0.882 bits per heavy atom. The lowest BCUT2D eigenvalue weighted by atomic mass is 10.0. The van der Waals surface area contributed by atoms with E-state index in [0.29, 0.717) is 12.8 Å². The largest absolute Gasteiger partial charge is 0.497 e. The van der Waals surface area contributed by atoms with Crippen molar-refractivity contribution in [3.05, 3.63) is 84.4 Å². The summed E-state index contributed by atoms with van der Waals surface area (Å²) in [6, 6.07) is 23.8. The molecular weight excluding hydrogens is 428 g/mol. The molecule has 3 aromatic rings. The molecule has 0 spiro atoms. The molecule has 3 aromatic carbocycles. The Morgan fingerprint density at radius 3 is 2.18 bits per heavy atom. The number of methoxy groups -OCH3 is 1. The maximum Gasteiger partial charge on any atom is 0.326 e. The lowest BCUT2D eigenvalue weighted by Gasteiger charge is -2.23. The highest BCUT2D eigenvalue weighted by Gasteiger charge is 2.26. The average molecular weight is 461 g/mol. The van der Waals surface area contributed by atoms with Crippen molar-refractivity contribution in [3.8, 4) is 16.9 Å². The van der Waals surface area contributed by atoms with Gasteiger partial charge in [0.1, 0.15) is 17.8 Å². The highest BCUT2D eigenvalue weighted by molar-refractivity contribution is 5.89. The Bertz CT molecular complexity index is 1080. The molecule has 3 N–H and O–H groups in total. The van der Waals surface area contributed by atoms with Crippen LogP contribution in [-0.2, 0) is 16.0 Å². The minimum atomic E-state index is -1.03. The first-order chi connectivity index (χ1) is 16.4. The van der Waals surface area contributed by atoms with Gasteiger partial charge in [-0.15, -0.1) is 0 Å².